The minimum absolute atomic E-state index is 0.213. The molecule has 0 radical (unpaired) electrons. The Kier molecular flexibility index (Phi) is 7.78. The quantitative estimate of drug-likeness (QED) is 0.412. The zero-order valence-corrected chi connectivity index (χ0v) is 20.7. The minimum atomic E-state index is 0.213. The van der Waals surface area contributed by atoms with E-state index in [9.17, 15) is 0 Å². The van der Waals surface area contributed by atoms with Crippen molar-refractivity contribution in [3.05, 3.63) is 53.9 Å². The van der Waals surface area contributed by atoms with Crippen LogP contribution in [0.4, 0.5) is 17.3 Å². The van der Waals surface area contributed by atoms with Crippen LogP contribution in [0.2, 0.25) is 0 Å². The van der Waals surface area contributed by atoms with Gasteiger partial charge >= 0.3 is 6.01 Å². The Balaban J connectivity index is 1.17. The molecule has 0 atom stereocenters. The molecule has 9 heteroatoms. The Morgan fingerprint density at radius 2 is 1.72 bits per heavy atom. The Morgan fingerprint density at radius 1 is 0.972 bits per heavy atom. The van der Waals surface area contributed by atoms with Crippen molar-refractivity contribution in [3.63, 3.8) is 0 Å². The summed E-state index contributed by atoms with van der Waals surface area (Å²) >= 11 is 0. The molecule has 0 bridgehead atoms. The summed E-state index contributed by atoms with van der Waals surface area (Å²) in [5.41, 5.74) is 16.9. The fourth-order valence-corrected chi connectivity index (χ4v) is 4.63. The van der Waals surface area contributed by atoms with Gasteiger partial charge in [-0.15, -0.1) is 0 Å². The van der Waals surface area contributed by atoms with Crippen molar-refractivity contribution in [2.75, 3.05) is 49.7 Å². The topological polar surface area (TPSA) is 124 Å². The molecule has 5 rings (SSSR count). The number of nitrogens with two attached hydrogens (primary N) is 2. The summed E-state index contributed by atoms with van der Waals surface area (Å²) in [6.45, 7) is 5.92. The van der Waals surface area contributed by atoms with Crippen molar-refractivity contribution in [1.29, 1.82) is 0 Å². The predicted molar refractivity (Wildman–Crippen MR) is 141 cm³/mol. The van der Waals surface area contributed by atoms with Gasteiger partial charge in [-0.1, -0.05) is 30.3 Å². The maximum atomic E-state index is 6.12. The molecule has 0 amide bonds. The number of hydrogen-bond donors (Lipinski definition) is 3. The van der Waals surface area contributed by atoms with E-state index >= 15 is 0 Å². The van der Waals surface area contributed by atoms with E-state index in [2.05, 4.69) is 61.6 Å². The fourth-order valence-electron chi connectivity index (χ4n) is 4.63. The molecule has 3 aromatic rings. The lowest BCUT2D eigenvalue weighted by molar-refractivity contribution is 0.0483. The van der Waals surface area contributed by atoms with E-state index in [0.29, 0.717) is 30.6 Å². The number of pyridine rings is 1. The van der Waals surface area contributed by atoms with E-state index in [-0.39, 0.29) is 11.8 Å². The molecular weight excluding hydrogens is 454 g/mol. The molecule has 36 heavy (non-hydrogen) atoms. The van der Waals surface area contributed by atoms with Crippen LogP contribution < -0.4 is 21.5 Å². The number of nitrogen functional groups attached to an aromatic ring is 2. The van der Waals surface area contributed by atoms with Gasteiger partial charge in [0.15, 0.2) is 11.6 Å². The predicted octanol–water partition coefficient (Wildman–Crippen LogP) is 3.72. The van der Waals surface area contributed by atoms with Crippen molar-refractivity contribution < 1.29 is 9.47 Å². The SMILES string of the molecule is Nc1nc(OCC2CCOCC2)nc(NCc2ccc(-c3ccc(CN4CCCC4)nc3)cc2)c1N. The molecule has 5 N–H and O–H groups in total. The lowest BCUT2D eigenvalue weighted by Gasteiger charge is -2.21. The Morgan fingerprint density at radius 3 is 2.44 bits per heavy atom. The summed E-state index contributed by atoms with van der Waals surface area (Å²) < 4.78 is 11.2. The van der Waals surface area contributed by atoms with Crippen LogP contribution in [0, 0.1) is 5.92 Å². The van der Waals surface area contributed by atoms with E-state index in [1.807, 2.05) is 6.20 Å². The van der Waals surface area contributed by atoms with Gasteiger partial charge in [0.25, 0.3) is 0 Å². The number of ether oxygens (including phenoxy) is 2. The smallest absolute Gasteiger partial charge is 0.320 e. The second-order valence-corrected chi connectivity index (χ2v) is 9.59. The van der Waals surface area contributed by atoms with Crippen LogP contribution in [0.1, 0.15) is 36.9 Å². The summed E-state index contributed by atoms with van der Waals surface area (Å²) in [6.07, 6.45) is 6.50. The minimum Gasteiger partial charge on any atom is -0.463 e. The molecule has 9 nitrogen and oxygen atoms in total. The zero-order chi connectivity index (χ0) is 24.7. The fraction of sp³-hybridized carbons (Fsp3) is 0.444. The second-order valence-electron chi connectivity index (χ2n) is 9.59. The highest BCUT2D eigenvalue weighted by molar-refractivity contribution is 5.73. The number of anilines is 3. The van der Waals surface area contributed by atoms with Gasteiger partial charge in [0.1, 0.15) is 5.69 Å². The molecule has 0 saturated carbocycles. The lowest BCUT2D eigenvalue weighted by atomic mass is 10.0. The molecule has 2 aliphatic heterocycles. The van der Waals surface area contributed by atoms with Crippen molar-refractivity contribution in [2.45, 2.75) is 38.8 Å². The molecule has 1 aromatic carbocycles. The average Bonchev–Trinajstić information content (AvgIpc) is 3.43. The van der Waals surface area contributed by atoms with Crippen molar-refractivity contribution in [1.82, 2.24) is 19.9 Å². The van der Waals surface area contributed by atoms with Gasteiger partial charge in [0.05, 0.1) is 12.3 Å². The summed E-state index contributed by atoms with van der Waals surface area (Å²) in [5, 5.41) is 3.28. The third-order valence-corrected chi connectivity index (χ3v) is 6.90. The molecule has 0 unspecified atom stereocenters. The van der Waals surface area contributed by atoms with Gasteiger partial charge in [-0.3, -0.25) is 9.88 Å². The molecule has 2 saturated heterocycles. The Hall–Kier alpha value is -3.43. The maximum Gasteiger partial charge on any atom is 0.320 e. The van der Waals surface area contributed by atoms with Crippen LogP contribution in [-0.2, 0) is 17.8 Å². The third-order valence-electron chi connectivity index (χ3n) is 6.90. The largest absolute Gasteiger partial charge is 0.463 e. The molecule has 0 aliphatic carbocycles. The van der Waals surface area contributed by atoms with Crippen LogP contribution >= 0.6 is 0 Å². The number of likely N-dealkylation sites (tertiary alicyclic amines) is 1. The monoisotopic (exact) mass is 489 g/mol. The molecule has 2 aliphatic rings. The van der Waals surface area contributed by atoms with Gasteiger partial charge in [0, 0.05) is 38.1 Å². The molecule has 0 spiro atoms. The van der Waals surface area contributed by atoms with Crippen molar-refractivity contribution >= 4 is 17.3 Å². The highest BCUT2D eigenvalue weighted by Gasteiger charge is 2.17. The zero-order valence-electron chi connectivity index (χ0n) is 20.7. The van der Waals surface area contributed by atoms with Gasteiger partial charge in [0.2, 0.25) is 0 Å². The lowest BCUT2D eigenvalue weighted by Crippen LogP contribution is -2.22. The Labute approximate surface area is 212 Å². The summed E-state index contributed by atoms with van der Waals surface area (Å²) in [5.74, 6) is 1.13. The van der Waals surface area contributed by atoms with E-state index in [0.717, 1.165) is 55.0 Å². The van der Waals surface area contributed by atoms with Crippen LogP contribution in [0.15, 0.2) is 42.6 Å². The first kappa shape index (κ1) is 24.3. The number of nitrogens with one attached hydrogen (secondary N) is 1. The van der Waals surface area contributed by atoms with Gasteiger partial charge < -0.3 is 26.3 Å². The Bertz CT molecular complexity index is 1130. The molecule has 190 valence electrons. The molecule has 4 heterocycles. The van der Waals surface area contributed by atoms with E-state index < -0.39 is 0 Å². The summed E-state index contributed by atoms with van der Waals surface area (Å²) in [4.78, 5) is 15.8. The number of rotatable bonds is 9. The highest BCUT2D eigenvalue weighted by Crippen LogP contribution is 2.26. The first-order valence-electron chi connectivity index (χ1n) is 12.8. The first-order valence-corrected chi connectivity index (χ1v) is 12.8. The second kappa shape index (κ2) is 11.5. The summed E-state index contributed by atoms with van der Waals surface area (Å²) in [7, 11) is 0. The van der Waals surface area contributed by atoms with Crippen LogP contribution in [0.25, 0.3) is 11.1 Å². The number of nitrogens with zero attached hydrogens (tertiary/aromatic N) is 4. The van der Waals surface area contributed by atoms with Crippen LogP contribution in [0.5, 0.6) is 6.01 Å². The standard InChI is InChI=1S/C27H35N7O2/c28-24-25(29)32-27(36-18-20-9-13-35-14-10-20)33-26(24)31-15-19-3-5-21(6-4-19)22-7-8-23(30-16-22)17-34-11-1-2-12-34/h3-8,16,20H,1-2,9-15,17-18,28H2,(H3,29,31,32,33). The summed E-state index contributed by atoms with van der Waals surface area (Å²) in [6, 6.07) is 12.9. The molecule has 2 aromatic heterocycles. The van der Waals surface area contributed by atoms with Crippen LogP contribution in [0.3, 0.4) is 0 Å². The number of aromatic nitrogens is 3. The van der Waals surface area contributed by atoms with E-state index in [1.54, 1.807) is 0 Å². The van der Waals surface area contributed by atoms with Crippen LogP contribution in [-0.4, -0.2) is 52.8 Å². The maximum absolute atomic E-state index is 6.12. The first-order chi connectivity index (χ1) is 17.6. The molecular formula is C27H35N7O2. The normalized spacial score (nSPS) is 16.8. The highest BCUT2D eigenvalue weighted by atomic mass is 16.5. The third kappa shape index (κ3) is 6.22. The number of hydrogen-bond acceptors (Lipinski definition) is 9. The van der Waals surface area contributed by atoms with E-state index in [1.165, 1.54) is 25.9 Å². The molecule has 2 fully saturated rings. The number of benzene rings is 1. The average molecular weight is 490 g/mol. The van der Waals surface area contributed by atoms with Crippen molar-refractivity contribution in [2.24, 2.45) is 5.92 Å². The van der Waals surface area contributed by atoms with Gasteiger partial charge in [-0.2, -0.15) is 9.97 Å². The van der Waals surface area contributed by atoms with Gasteiger partial charge in [-0.25, -0.2) is 0 Å². The van der Waals surface area contributed by atoms with Crippen molar-refractivity contribution in [3.8, 4) is 17.1 Å². The van der Waals surface area contributed by atoms with E-state index in [4.69, 9.17) is 20.9 Å². The van der Waals surface area contributed by atoms with Gasteiger partial charge in [-0.05, 0) is 61.9 Å².